The minimum atomic E-state index is -0.205. The third-order valence-electron chi connectivity index (χ3n) is 2.81. The molecule has 0 aromatic heterocycles. The third-order valence-corrected chi connectivity index (χ3v) is 2.81. The molecule has 0 aliphatic heterocycles. The van der Waals surface area contributed by atoms with Gasteiger partial charge in [-0.1, -0.05) is 13.8 Å². The summed E-state index contributed by atoms with van der Waals surface area (Å²) in [5, 5.41) is 8.04. The van der Waals surface area contributed by atoms with E-state index in [1.807, 2.05) is 0 Å². The zero-order valence-corrected chi connectivity index (χ0v) is 13.2. The van der Waals surface area contributed by atoms with Gasteiger partial charge in [-0.3, -0.25) is 14.4 Å². The molecule has 0 aliphatic carbocycles. The Morgan fingerprint density at radius 3 is 2.10 bits per heavy atom. The highest BCUT2D eigenvalue weighted by atomic mass is 16.2. The maximum atomic E-state index is 11.7. The van der Waals surface area contributed by atoms with Crippen molar-refractivity contribution in [1.29, 1.82) is 0 Å². The summed E-state index contributed by atoms with van der Waals surface area (Å²) in [6, 6.07) is -0.0414. The predicted molar refractivity (Wildman–Crippen MR) is 81.4 cm³/mol. The number of hydrogen-bond acceptors (Lipinski definition) is 4. The second kappa shape index (κ2) is 11.1. The first-order valence-corrected chi connectivity index (χ1v) is 7.35. The van der Waals surface area contributed by atoms with E-state index in [0.29, 0.717) is 25.6 Å². The molecular weight excluding hydrogens is 272 g/mol. The van der Waals surface area contributed by atoms with E-state index in [4.69, 9.17) is 5.73 Å². The molecule has 21 heavy (non-hydrogen) atoms. The third kappa shape index (κ3) is 11.9. The number of carbonyl (C=O) groups is 3. The van der Waals surface area contributed by atoms with E-state index in [2.05, 4.69) is 29.8 Å². The molecule has 1 atom stereocenters. The van der Waals surface area contributed by atoms with Crippen molar-refractivity contribution in [1.82, 2.24) is 16.0 Å². The van der Waals surface area contributed by atoms with Crippen molar-refractivity contribution < 1.29 is 14.4 Å². The van der Waals surface area contributed by atoms with Crippen LogP contribution in [0.15, 0.2) is 0 Å². The molecule has 5 N–H and O–H groups in total. The Kier molecular flexibility index (Phi) is 10.2. The maximum Gasteiger partial charge on any atom is 0.220 e. The van der Waals surface area contributed by atoms with Crippen molar-refractivity contribution in [3.05, 3.63) is 0 Å². The molecule has 3 amide bonds. The van der Waals surface area contributed by atoms with Crippen molar-refractivity contribution in [3.8, 4) is 0 Å². The van der Waals surface area contributed by atoms with Gasteiger partial charge in [0.1, 0.15) is 0 Å². The summed E-state index contributed by atoms with van der Waals surface area (Å²) in [4.78, 5) is 33.8. The summed E-state index contributed by atoms with van der Waals surface area (Å²) >= 11 is 0. The van der Waals surface area contributed by atoms with E-state index in [1.165, 1.54) is 6.92 Å². The van der Waals surface area contributed by atoms with Crippen LogP contribution in [0, 0.1) is 5.92 Å². The fourth-order valence-corrected chi connectivity index (χ4v) is 1.84. The Bertz CT molecular complexity index is 345. The van der Waals surface area contributed by atoms with Crippen LogP contribution in [0.1, 0.15) is 40.0 Å². The Morgan fingerprint density at radius 1 is 1.00 bits per heavy atom. The van der Waals surface area contributed by atoms with E-state index >= 15 is 0 Å². The highest BCUT2D eigenvalue weighted by molar-refractivity contribution is 5.83. The van der Waals surface area contributed by atoms with Crippen LogP contribution in [0.5, 0.6) is 0 Å². The van der Waals surface area contributed by atoms with Gasteiger partial charge in [-0.2, -0.15) is 0 Å². The lowest BCUT2D eigenvalue weighted by Gasteiger charge is -2.18. The number of amides is 3. The topological polar surface area (TPSA) is 113 Å². The highest BCUT2D eigenvalue weighted by Crippen LogP contribution is 2.04. The second-order valence-corrected chi connectivity index (χ2v) is 5.46. The molecule has 7 heteroatoms. The average molecular weight is 300 g/mol. The van der Waals surface area contributed by atoms with Crippen LogP contribution in [-0.4, -0.2) is 43.4 Å². The van der Waals surface area contributed by atoms with Crippen molar-refractivity contribution in [2.45, 2.75) is 46.1 Å². The number of nitrogens with one attached hydrogen (secondary N) is 3. The van der Waals surface area contributed by atoms with Crippen LogP contribution in [0.3, 0.4) is 0 Å². The molecule has 0 aliphatic rings. The first kappa shape index (κ1) is 19.4. The average Bonchev–Trinajstić information content (AvgIpc) is 2.39. The molecule has 0 aromatic carbocycles. The van der Waals surface area contributed by atoms with Gasteiger partial charge in [0.15, 0.2) is 0 Å². The molecule has 0 saturated carbocycles. The van der Waals surface area contributed by atoms with Gasteiger partial charge in [0.25, 0.3) is 0 Å². The van der Waals surface area contributed by atoms with Crippen molar-refractivity contribution >= 4 is 17.7 Å². The van der Waals surface area contributed by atoms with Crippen LogP contribution in [0.2, 0.25) is 0 Å². The fraction of sp³-hybridized carbons (Fsp3) is 0.786. The molecule has 7 nitrogen and oxygen atoms in total. The molecule has 122 valence electrons. The normalized spacial score (nSPS) is 11.9. The SMILES string of the molecule is CC(=O)NCCNC(=O)CCC(=O)NC(CN)CC(C)C. The molecule has 0 rings (SSSR count). The van der Waals surface area contributed by atoms with Crippen LogP contribution < -0.4 is 21.7 Å². The first-order valence-electron chi connectivity index (χ1n) is 7.35. The minimum absolute atomic E-state index is 0.0414. The summed E-state index contributed by atoms with van der Waals surface area (Å²) in [6.07, 6.45) is 1.09. The molecule has 0 aromatic rings. The van der Waals surface area contributed by atoms with E-state index in [-0.39, 0.29) is 36.6 Å². The zero-order chi connectivity index (χ0) is 16.3. The Balaban J connectivity index is 3.80. The molecule has 0 spiro atoms. The molecule has 0 radical (unpaired) electrons. The molecule has 0 heterocycles. The van der Waals surface area contributed by atoms with Crippen molar-refractivity contribution in [2.75, 3.05) is 19.6 Å². The zero-order valence-electron chi connectivity index (χ0n) is 13.2. The molecule has 0 fully saturated rings. The van der Waals surface area contributed by atoms with Gasteiger partial charge in [0.05, 0.1) is 0 Å². The summed E-state index contributed by atoms with van der Waals surface area (Å²) < 4.78 is 0. The van der Waals surface area contributed by atoms with Crippen molar-refractivity contribution in [2.24, 2.45) is 11.7 Å². The number of hydrogen-bond donors (Lipinski definition) is 4. The largest absolute Gasteiger partial charge is 0.355 e. The van der Waals surface area contributed by atoms with E-state index in [0.717, 1.165) is 6.42 Å². The van der Waals surface area contributed by atoms with Gasteiger partial charge < -0.3 is 21.7 Å². The number of nitrogens with two attached hydrogens (primary N) is 1. The highest BCUT2D eigenvalue weighted by Gasteiger charge is 2.13. The molecule has 0 saturated heterocycles. The smallest absolute Gasteiger partial charge is 0.220 e. The molecular formula is C14H28N4O3. The lowest BCUT2D eigenvalue weighted by molar-refractivity contribution is -0.126. The van der Waals surface area contributed by atoms with Gasteiger partial charge >= 0.3 is 0 Å². The summed E-state index contributed by atoms with van der Waals surface area (Å²) in [5.74, 6) is -0.0516. The lowest BCUT2D eigenvalue weighted by atomic mass is 10.0. The van der Waals surface area contributed by atoms with Crippen molar-refractivity contribution in [3.63, 3.8) is 0 Å². The quantitative estimate of drug-likeness (QED) is 0.408. The standard InChI is InChI=1S/C14H28N4O3/c1-10(2)8-12(9-15)18-14(21)5-4-13(20)17-7-6-16-11(3)19/h10,12H,4-9,15H2,1-3H3,(H,16,19)(H,17,20)(H,18,21). The Morgan fingerprint density at radius 2 is 1.57 bits per heavy atom. The van der Waals surface area contributed by atoms with Gasteiger partial charge in [-0.25, -0.2) is 0 Å². The van der Waals surface area contributed by atoms with E-state index in [9.17, 15) is 14.4 Å². The summed E-state index contributed by atoms with van der Waals surface area (Å²) in [5.41, 5.74) is 5.60. The van der Waals surface area contributed by atoms with Crippen LogP contribution in [0.4, 0.5) is 0 Å². The van der Waals surface area contributed by atoms with E-state index < -0.39 is 0 Å². The van der Waals surface area contributed by atoms with Gasteiger partial charge in [0.2, 0.25) is 17.7 Å². The van der Waals surface area contributed by atoms with Crippen LogP contribution in [0.25, 0.3) is 0 Å². The number of rotatable bonds is 10. The Hall–Kier alpha value is -1.63. The summed E-state index contributed by atoms with van der Waals surface area (Å²) in [7, 11) is 0. The summed E-state index contributed by atoms with van der Waals surface area (Å²) in [6.45, 7) is 6.69. The van der Waals surface area contributed by atoms with Crippen LogP contribution >= 0.6 is 0 Å². The minimum Gasteiger partial charge on any atom is -0.355 e. The monoisotopic (exact) mass is 300 g/mol. The fourth-order valence-electron chi connectivity index (χ4n) is 1.84. The Labute approximate surface area is 126 Å². The molecule has 1 unspecified atom stereocenters. The predicted octanol–water partition coefficient (Wildman–Crippen LogP) is -0.491. The maximum absolute atomic E-state index is 11.7. The second-order valence-electron chi connectivity index (χ2n) is 5.46. The van der Waals surface area contributed by atoms with Gasteiger partial charge in [-0.15, -0.1) is 0 Å². The van der Waals surface area contributed by atoms with Gasteiger partial charge in [0, 0.05) is 45.4 Å². The van der Waals surface area contributed by atoms with Crippen LogP contribution in [-0.2, 0) is 14.4 Å². The van der Waals surface area contributed by atoms with Gasteiger partial charge in [-0.05, 0) is 12.3 Å². The first-order chi connectivity index (χ1) is 9.85. The molecule has 0 bridgehead atoms. The van der Waals surface area contributed by atoms with E-state index in [1.54, 1.807) is 0 Å². The number of carbonyl (C=O) groups excluding carboxylic acids is 3. The lowest BCUT2D eigenvalue weighted by Crippen LogP contribution is -2.41.